The van der Waals surface area contributed by atoms with E-state index in [1.807, 2.05) is 6.92 Å². The van der Waals surface area contributed by atoms with E-state index in [2.05, 4.69) is 5.32 Å². The molecule has 1 atom stereocenters. The van der Waals surface area contributed by atoms with Gasteiger partial charge in [-0.05, 0) is 42.8 Å². The van der Waals surface area contributed by atoms with E-state index >= 15 is 0 Å². The zero-order chi connectivity index (χ0) is 14.0. The lowest BCUT2D eigenvalue weighted by Crippen LogP contribution is -2.07. The zero-order valence-corrected chi connectivity index (χ0v) is 11.6. The average Bonchev–Trinajstić information content (AvgIpc) is 2.36. The molecule has 0 saturated carbocycles. The van der Waals surface area contributed by atoms with E-state index in [1.54, 1.807) is 24.3 Å². The molecule has 0 fully saturated rings. The van der Waals surface area contributed by atoms with Crippen molar-refractivity contribution in [3.63, 3.8) is 0 Å². The summed E-state index contributed by atoms with van der Waals surface area (Å²) in [7, 11) is 0. The van der Waals surface area contributed by atoms with E-state index in [4.69, 9.17) is 28.3 Å². The van der Waals surface area contributed by atoms with Crippen molar-refractivity contribution in [2.24, 2.45) is 0 Å². The molecule has 0 aromatic heterocycles. The van der Waals surface area contributed by atoms with Gasteiger partial charge in [-0.2, -0.15) is 0 Å². The summed E-state index contributed by atoms with van der Waals surface area (Å²) in [6.45, 7) is 1.89. The Kier molecular flexibility index (Phi) is 4.17. The monoisotopic (exact) mass is 299 g/mol. The number of hydrogen-bond donors (Lipinski definition) is 2. The minimum absolute atomic E-state index is 0.143. The van der Waals surface area contributed by atoms with Gasteiger partial charge in [-0.15, -0.1) is 0 Å². The summed E-state index contributed by atoms with van der Waals surface area (Å²) in [5, 5.41) is 13.4. The number of rotatable bonds is 3. The van der Waals surface area contributed by atoms with Crippen LogP contribution in [0.15, 0.2) is 36.4 Å². The van der Waals surface area contributed by atoms with Gasteiger partial charge in [-0.1, -0.05) is 23.2 Å². The highest BCUT2D eigenvalue weighted by molar-refractivity contribution is 6.33. The number of anilines is 1. The molecule has 100 valence electrons. The van der Waals surface area contributed by atoms with Crippen LogP contribution in [0.2, 0.25) is 10.0 Å². The second kappa shape index (κ2) is 5.68. The lowest BCUT2D eigenvalue weighted by atomic mass is 10.1. The van der Waals surface area contributed by atoms with Crippen LogP contribution >= 0.6 is 23.2 Å². The van der Waals surface area contributed by atoms with Crippen molar-refractivity contribution < 1.29 is 9.50 Å². The first kappa shape index (κ1) is 14.0. The van der Waals surface area contributed by atoms with Gasteiger partial charge < -0.3 is 10.4 Å². The predicted molar refractivity (Wildman–Crippen MR) is 76.6 cm³/mol. The molecule has 2 N–H and O–H groups in total. The summed E-state index contributed by atoms with van der Waals surface area (Å²) in [4.78, 5) is 0. The highest BCUT2D eigenvalue weighted by Gasteiger charge is 2.11. The summed E-state index contributed by atoms with van der Waals surface area (Å²) in [6.07, 6.45) is 0. The fraction of sp³-hybridized carbons (Fsp3) is 0.143. The lowest BCUT2D eigenvalue weighted by Gasteiger charge is -2.17. The summed E-state index contributed by atoms with van der Waals surface area (Å²) >= 11 is 12.0. The highest BCUT2D eigenvalue weighted by Crippen LogP contribution is 2.29. The molecule has 0 saturated heterocycles. The Morgan fingerprint density at radius 2 is 1.89 bits per heavy atom. The molecule has 2 aromatic carbocycles. The van der Waals surface area contributed by atoms with Crippen LogP contribution in [0.1, 0.15) is 18.5 Å². The third-order valence-electron chi connectivity index (χ3n) is 2.76. The van der Waals surface area contributed by atoms with Gasteiger partial charge in [0.1, 0.15) is 0 Å². The Labute approximate surface area is 120 Å². The van der Waals surface area contributed by atoms with Gasteiger partial charge in [0.2, 0.25) is 0 Å². The molecule has 5 heteroatoms. The number of halogens is 3. The average molecular weight is 300 g/mol. The fourth-order valence-electron chi connectivity index (χ4n) is 1.77. The molecule has 0 heterocycles. The maximum atomic E-state index is 13.2. The van der Waals surface area contributed by atoms with Crippen molar-refractivity contribution in [3.8, 4) is 5.75 Å². The number of nitrogens with one attached hydrogen (secondary N) is 1. The lowest BCUT2D eigenvalue weighted by molar-refractivity contribution is 0.432. The number of phenols is 1. The zero-order valence-electron chi connectivity index (χ0n) is 10.1. The Hall–Kier alpha value is -1.45. The van der Waals surface area contributed by atoms with Crippen molar-refractivity contribution in [1.29, 1.82) is 0 Å². The van der Waals surface area contributed by atoms with Crippen LogP contribution in [-0.2, 0) is 0 Å². The van der Waals surface area contributed by atoms with E-state index < -0.39 is 5.82 Å². The van der Waals surface area contributed by atoms with E-state index in [-0.39, 0.29) is 11.8 Å². The van der Waals surface area contributed by atoms with Crippen molar-refractivity contribution in [1.82, 2.24) is 0 Å². The second-order valence-electron chi connectivity index (χ2n) is 4.20. The third-order valence-corrected chi connectivity index (χ3v) is 3.33. The van der Waals surface area contributed by atoms with Crippen molar-refractivity contribution in [3.05, 3.63) is 57.8 Å². The van der Waals surface area contributed by atoms with Crippen molar-refractivity contribution in [2.45, 2.75) is 13.0 Å². The normalized spacial score (nSPS) is 12.2. The molecule has 2 rings (SSSR count). The van der Waals surface area contributed by atoms with Crippen LogP contribution < -0.4 is 5.32 Å². The molecule has 0 spiro atoms. The van der Waals surface area contributed by atoms with Crippen molar-refractivity contribution >= 4 is 28.9 Å². The maximum Gasteiger partial charge on any atom is 0.166 e. The van der Waals surface area contributed by atoms with Crippen LogP contribution in [0.5, 0.6) is 5.75 Å². The van der Waals surface area contributed by atoms with Gasteiger partial charge in [-0.3, -0.25) is 0 Å². The van der Waals surface area contributed by atoms with E-state index in [1.165, 1.54) is 12.1 Å². The quantitative estimate of drug-likeness (QED) is 0.781. The van der Waals surface area contributed by atoms with Crippen LogP contribution in [0.25, 0.3) is 0 Å². The second-order valence-corrected chi connectivity index (χ2v) is 5.04. The van der Waals surface area contributed by atoms with Crippen LogP contribution in [0, 0.1) is 5.82 Å². The van der Waals surface area contributed by atoms with Gasteiger partial charge in [0.25, 0.3) is 0 Å². The molecule has 1 unspecified atom stereocenters. The third kappa shape index (κ3) is 3.31. The predicted octanol–water partition coefficient (Wildman–Crippen LogP) is 5.01. The summed E-state index contributed by atoms with van der Waals surface area (Å²) in [6, 6.07) is 9.16. The summed E-state index contributed by atoms with van der Waals surface area (Å²) < 4.78 is 13.2. The Bertz CT molecular complexity index is 604. The molecular weight excluding hydrogens is 288 g/mol. The number of phenolic OH excluding ortho intramolecular Hbond substituents is 1. The van der Waals surface area contributed by atoms with Crippen molar-refractivity contribution in [2.75, 3.05) is 5.32 Å². The summed E-state index contributed by atoms with van der Waals surface area (Å²) in [5.41, 5.74) is 1.38. The largest absolute Gasteiger partial charge is 0.505 e. The molecule has 2 aromatic rings. The van der Waals surface area contributed by atoms with Gasteiger partial charge >= 0.3 is 0 Å². The van der Waals surface area contributed by atoms with E-state index in [9.17, 15) is 4.39 Å². The van der Waals surface area contributed by atoms with E-state index in [0.29, 0.717) is 15.7 Å². The minimum Gasteiger partial charge on any atom is -0.505 e. The topological polar surface area (TPSA) is 32.3 Å². The molecular formula is C14H12Cl2FNO. The Balaban J connectivity index is 2.22. The van der Waals surface area contributed by atoms with Gasteiger partial charge in [-0.25, -0.2) is 4.39 Å². The van der Waals surface area contributed by atoms with E-state index in [0.717, 1.165) is 5.56 Å². The Morgan fingerprint density at radius 1 is 1.16 bits per heavy atom. The highest BCUT2D eigenvalue weighted by atomic mass is 35.5. The first-order chi connectivity index (χ1) is 8.97. The molecule has 19 heavy (non-hydrogen) atoms. The SMILES string of the molecule is CC(Nc1ccc(O)c(F)c1)c1cc(Cl)ccc1Cl. The Morgan fingerprint density at radius 3 is 2.58 bits per heavy atom. The number of benzene rings is 2. The fourth-order valence-corrected chi connectivity index (χ4v) is 2.23. The molecule has 0 aliphatic rings. The molecule has 0 amide bonds. The number of aromatic hydroxyl groups is 1. The first-order valence-corrected chi connectivity index (χ1v) is 6.43. The first-order valence-electron chi connectivity index (χ1n) is 5.67. The van der Waals surface area contributed by atoms with Gasteiger partial charge in [0.15, 0.2) is 11.6 Å². The number of hydrogen-bond acceptors (Lipinski definition) is 2. The molecule has 0 radical (unpaired) electrons. The maximum absolute atomic E-state index is 13.2. The van der Waals surface area contributed by atoms with Crippen LogP contribution in [0.4, 0.5) is 10.1 Å². The minimum atomic E-state index is -0.672. The van der Waals surface area contributed by atoms with Crippen LogP contribution in [-0.4, -0.2) is 5.11 Å². The van der Waals surface area contributed by atoms with Gasteiger partial charge in [0.05, 0.1) is 6.04 Å². The smallest absolute Gasteiger partial charge is 0.166 e. The molecule has 0 bridgehead atoms. The standard InChI is InChI=1S/C14H12Cl2FNO/c1-8(11-6-9(15)2-4-12(11)16)18-10-3-5-14(19)13(17)7-10/h2-8,18-19H,1H3. The summed E-state index contributed by atoms with van der Waals surface area (Å²) in [5.74, 6) is -1.05. The molecule has 0 aliphatic carbocycles. The molecule has 2 nitrogen and oxygen atoms in total. The molecule has 0 aliphatic heterocycles. The van der Waals surface area contributed by atoms with Gasteiger partial charge in [0, 0.05) is 21.8 Å². The van der Waals surface area contributed by atoms with Crippen LogP contribution in [0.3, 0.4) is 0 Å².